The van der Waals surface area contributed by atoms with Gasteiger partial charge in [-0.15, -0.1) is 0 Å². The van der Waals surface area contributed by atoms with Crippen molar-refractivity contribution in [2.45, 2.75) is 32.2 Å². The Morgan fingerprint density at radius 2 is 2.21 bits per heavy atom. The topological polar surface area (TPSA) is 58.0 Å². The van der Waals surface area contributed by atoms with Crippen molar-refractivity contribution in [2.24, 2.45) is 0 Å². The third-order valence-electron chi connectivity index (χ3n) is 3.58. The summed E-state index contributed by atoms with van der Waals surface area (Å²) in [5, 5.41) is 7.64. The summed E-state index contributed by atoms with van der Waals surface area (Å²) in [7, 11) is 0. The molecule has 0 unspecified atom stereocenters. The van der Waals surface area contributed by atoms with Gasteiger partial charge >= 0.3 is 0 Å². The van der Waals surface area contributed by atoms with Gasteiger partial charge in [0.2, 0.25) is 0 Å². The Hall–Kier alpha value is -1.33. The van der Waals surface area contributed by atoms with Gasteiger partial charge in [0.05, 0.1) is 6.54 Å². The highest BCUT2D eigenvalue weighted by molar-refractivity contribution is 6.28. The van der Waals surface area contributed by atoms with Crippen LogP contribution in [-0.2, 0) is 6.54 Å². The molecular formula is C13H17ClN4O. The average molecular weight is 281 g/mol. The molecule has 1 aliphatic heterocycles. The Morgan fingerprint density at radius 1 is 1.42 bits per heavy atom. The number of aryl methyl sites for hydroxylation is 1. The van der Waals surface area contributed by atoms with Gasteiger partial charge in [0.1, 0.15) is 11.6 Å². The molecule has 0 aromatic carbocycles. The van der Waals surface area contributed by atoms with E-state index < -0.39 is 0 Å². The Kier molecular flexibility index (Phi) is 3.57. The Balaban J connectivity index is 1.54. The van der Waals surface area contributed by atoms with Crippen molar-refractivity contribution in [3.8, 4) is 0 Å². The number of furan rings is 1. The molecule has 5 nitrogen and oxygen atoms in total. The molecule has 3 heterocycles. The highest BCUT2D eigenvalue weighted by atomic mass is 35.5. The van der Waals surface area contributed by atoms with E-state index in [2.05, 4.69) is 20.1 Å². The molecule has 0 spiro atoms. The van der Waals surface area contributed by atoms with Gasteiger partial charge < -0.3 is 4.42 Å². The zero-order chi connectivity index (χ0) is 13.2. The summed E-state index contributed by atoms with van der Waals surface area (Å²) in [6.07, 6.45) is 2.18. The van der Waals surface area contributed by atoms with Gasteiger partial charge in [-0.05, 0) is 56.6 Å². The Morgan fingerprint density at radius 3 is 2.79 bits per heavy atom. The lowest BCUT2D eigenvalue weighted by Crippen LogP contribution is -2.32. The quantitative estimate of drug-likeness (QED) is 0.939. The van der Waals surface area contributed by atoms with E-state index in [1.54, 1.807) is 6.07 Å². The molecule has 0 radical (unpaired) electrons. The number of hydrogen-bond acceptors (Lipinski definition) is 4. The molecule has 1 fully saturated rings. The van der Waals surface area contributed by atoms with E-state index in [1.807, 2.05) is 13.0 Å². The van der Waals surface area contributed by atoms with Crippen molar-refractivity contribution < 1.29 is 4.42 Å². The summed E-state index contributed by atoms with van der Waals surface area (Å²) in [6, 6.07) is 3.73. The van der Waals surface area contributed by atoms with Crippen molar-refractivity contribution in [3.05, 3.63) is 34.8 Å². The number of H-pyrrole nitrogens is 1. The molecule has 0 saturated carbocycles. The van der Waals surface area contributed by atoms with Gasteiger partial charge in [0, 0.05) is 5.92 Å². The van der Waals surface area contributed by atoms with Gasteiger partial charge in [-0.1, -0.05) is 0 Å². The van der Waals surface area contributed by atoms with E-state index in [0.717, 1.165) is 49.9 Å². The first kappa shape index (κ1) is 12.7. The SMILES string of the molecule is Cc1nc(C2CCN(Cc3ccc(Cl)o3)CC2)n[nH]1. The van der Waals surface area contributed by atoms with Gasteiger partial charge in [-0.25, -0.2) is 4.98 Å². The number of hydrogen-bond donors (Lipinski definition) is 1. The normalized spacial score (nSPS) is 18.0. The molecule has 2 aromatic heterocycles. The Bertz CT molecular complexity index is 542. The number of rotatable bonds is 3. The second-order valence-corrected chi connectivity index (χ2v) is 5.41. The summed E-state index contributed by atoms with van der Waals surface area (Å²) >= 11 is 5.78. The van der Waals surface area contributed by atoms with E-state index >= 15 is 0 Å². The first-order chi connectivity index (χ1) is 9.20. The number of nitrogens with zero attached hydrogens (tertiary/aromatic N) is 3. The number of piperidine rings is 1. The lowest BCUT2D eigenvalue weighted by atomic mass is 9.96. The minimum atomic E-state index is 0.459. The van der Waals surface area contributed by atoms with Crippen LogP contribution in [0.1, 0.15) is 36.2 Å². The smallest absolute Gasteiger partial charge is 0.193 e. The highest BCUT2D eigenvalue weighted by Gasteiger charge is 2.23. The number of likely N-dealkylation sites (tertiary alicyclic amines) is 1. The van der Waals surface area contributed by atoms with E-state index in [9.17, 15) is 0 Å². The lowest BCUT2D eigenvalue weighted by molar-refractivity contribution is 0.188. The molecule has 1 aliphatic rings. The van der Waals surface area contributed by atoms with E-state index in [1.165, 1.54) is 0 Å². The fraction of sp³-hybridized carbons (Fsp3) is 0.538. The summed E-state index contributed by atoms with van der Waals surface area (Å²) in [5.41, 5.74) is 0. The minimum Gasteiger partial charge on any atom is -0.448 e. The fourth-order valence-corrected chi connectivity index (χ4v) is 2.71. The maximum absolute atomic E-state index is 5.78. The monoisotopic (exact) mass is 280 g/mol. The first-order valence-electron chi connectivity index (χ1n) is 6.56. The first-order valence-corrected chi connectivity index (χ1v) is 6.94. The van der Waals surface area contributed by atoms with Crippen LogP contribution in [0.25, 0.3) is 0 Å². The van der Waals surface area contributed by atoms with Gasteiger partial charge in [-0.2, -0.15) is 5.10 Å². The molecule has 3 rings (SSSR count). The van der Waals surface area contributed by atoms with Crippen molar-refractivity contribution >= 4 is 11.6 Å². The fourth-order valence-electron chi connectivity index (χ4n) is 2.55. The molecule has 102 valence electrons. The number of aromatic nitrogens is 3. The molecule has 2 aromatic rings. The molecular weight excluding hydrogens is 264 g/mol. The summed E-state index contributed by atoms with van der Waals surface area (Å²) in [6.45, 7) is 4.84. The van der Waals surface area contributed by atoms with Crippen molar-refractivity contribution in [1.29, 1.82) is 0 Å². The van der Waals surface area contributed by atoms with Crippen LogP contribution in [0.15, 0.2) is 16.5 Å². The van der Waals surface area contributed by atoms with Crippen LogP contribution in [0.2, 0.25) is 5.22 Å². The highest BCUT2D eigenvalue weighted by Crippen LogP contribution is 2.26. The summed E-state index contributed by atoms with van der Waals surface area (Å²) < 4.78 is 5.40. The maximum atomic E-state index is 5.78. The second kappa shape index (κ2) is 5.35. The summed E-state index contributed by atoms with van der Waals surface area (Å²) in [4.78, 5) is 6.81. The largest absolute Gasteiger partial charge is 0.448 e. The van der Waals surface area contributed by atoms with Gasteiger partial charge in [0.15, 0.2) is 11.0 Å². The van der Waals surface area contributed by atoms with E-state index in [0.29, 0.717) is 11.1 Å². The van der Waals surface area contributed by atoms with Gasteiger partial charge in [-0.3, -0.25) is 10.00 Å². The van der Waals surface area contributed by atoms with Crippen LogP contribution in [0.3, 0.4) is 0 Å². The van der Waals surface area contributed by atoms with Crippen molar-refractivity contribution in [2.75, 3.05) is 13.1 Å². The van der Waals surface area contributed by atoms with E-state index in [-0.39, 0.29) is 0 Å². The third kappa shape index (κ3) is 2.98. The average Bonchev–Trinajstić information content (AvgIpc) is 3.00. The van der Waals surface area contributed by atoms with Crippen LogP contribution in [0.4, 0.5) is 0 Å². The predicted molar refractivity (Wildman–Crippen MR) is 72.1 cm³/mol. The summed E-state index contributed by atoms with van der Waals surface area (Å²) in [5.74, 6) is 3.25. The molecule has 0 atom stereocenters. The van der Waals surface area contributed by atoms with Crippen LogP contribution < -0.4 is 0 Å². The zero-order valence-electron chi connectivity index (χ0n) is 10.9. The molecule has 0 bridgehead atoms. The molecule has 19 heavy (non-hydrogen) atoms. The van der Waals surface area contributed by atoms with Crippen LogP contribution in [0, 0.1) is 6.92 Å². The molecule has 0 aliphatic carbocycles. The van der Waals surface area contributed by atoms with Crippen LogP contribution in [-0.4, -0.2) is 33.2 Å². The van der Waals surface area contributed by atoms with Crippen LogP contribution >= 0.6 is 11.6 Å². The third-order valence-corrected chi connectivity index (χ3v) is 3.78. The number of aromatic amines is 1. The second-order valence-electron chi connectivity index (χ2n) is 5.04. The van der Waals surface area contributed by atoms with Crippen molar-refractivity contribution in [1.82, 2.24) is 20.1 Å². The molecule has 1 N–H and O–H groups in total. The lowest BCUT2D eigenvalue weighted by Gasteiger charge is -2.29. The van der Waals surface area contributed by atoms with E-state index in [4.69, 9.17) is 16.0 Å². The number of nitrogens with one attached hydrogen (secondary N) is 1. The molecule has 0 amide bonds. The van der Waals surface area contributed by atoms with Gasteiger partial charge in [0.25, 0.3) is 0 Å². The number of halogens is 1. The zero-order valence-corrected chi connectivity index (χ0v) is 11.7. The minimum absolute atomic E-state index is 0.459. The van der Waals surface area contributed by atoms with Crippen LogP contribution in [0.5, 0.6) is 0 Å². The predicted octanol–water partition coefficient (Wildman–Crippen LogP) is 2.74. The standard InChI is InChI=1S/C13H17ClN4O/c1-9-15-13(17-16-9)10-4-6-18(7-5-10)8-11-2-3-12(14)19-11/h2-3,10H,4-8H2,1H3,(H,15,16,17). The van der Waals surface area contributed by atoms with Crippen molar-refractivity contribution in [3.63, 3.8) is 0 Å². The maximum Gasteiger partial charge on any atom is 0.193 e. The molecule has 6 heteroatoms. The molecule has 1 saturated heterocycles. The Labute approximate surface area is 117 Å².